The van der Waals surface area contributed by atoms with Crippen molar-refractivity contribution in [3.8, 4) is 0 Å². The van der Waals surface area contributed by atoms with Crippen LogP contribution in [0.15, 0.2) is 37.6 Å². The van der Waals surface area contributed by atoms with E-state index in [9.17, 15) is 0 Å². The predicted octanol–water partition coefficient (Wildman–Crippen LogP) is 1.25. The van der Waals surface area contributed by atoms with Gasteiger partial charge in [0, 0.05) is 37.4 Å². The molecule has 0 bridgehead atoms. The van der Waals surface area contributed by atoms with Gasteiger partial charge in [0.2, 0.25) is 0 Å². The Balaban J connectivity index is 2.78. The lowest BCUT2D eigenvalue weighted by Crippen LogP contribution is -2.57. The summed E-state index contributed by atoms with van der Waals surface area (Å²) in [5, 5.41) is 3.44. The summed E-state index contributed by atoms with van der Waals surface area (Å²) >= 11 is 0. The van der Waals surface area contributed by atoms with Crippen LogP contribution in [0.4, 0.5) is 0 Å². The molecule has 0 aromatic carbocycles. The van der Waals surface area contributed by atoms with Crippen molar-refractivity contribution in [1.82, 2.24) is 10.2 Å². The molecule has 0 spiro atoms. The zero-order chi connectivity index (χ0) is 12.0. The maximum atomic E-state index is 5.71. The monoisotopic (exact) mass is 221 g/mol. The molecule has 1 heterocycles. The van der Waals surface area contributed by atoms with E-state index < -0.39 is 0 Å². The van der Waals surface area contributed by atoms with E-state index in [1.165, 1.54) is 0 Å². The van der Waals surface area contributed by atoms with Crippen molar-refractivity contribution >= 4 is 0 Å². The molecule has 1 fully saturated rings. The lowest BCUT2D eigenvalue weighted by atomic mass is 10.0. The largest absolute Gasteiger partial charge is 0.365 e. The molecule has 0 radical (unpaired) electrons. The van der Waals surface area contributed by atoms with Gasteiger partial charge in [-0.05, 0) is 12.8 Å². The molecule has 1 rings (SSSR count). The number of nitrogens with one attached hydrogen (secondary N) is 1. The summed E-state index contributed by atoms with van der Waals surface area (Å²) in [5.41, 5.74) is 6.72. The number of hydrogen-bond donors (Lipinski definition) is 2. The molecule has 16 heavy (non-hydrogen) atoms. The molecule has 0 amide bonds. The number of nitrogens with zero attached hydrogens (tertiary/aromatic N) is 1. The highest BCUT2D eigenvalue weighted by molar-refractivity contribution is 5.06. The Labute approximate surface area is 98.7 Å². The van der Waals surface area contributed by atoms with Gasteiger partial charge in [0.25, 0.3) is 0 Å². The fourth-order valence-electron chi connectivity index (χ4n) is 2.31. The Kier molecular flexibility index (Phi) is 5.29. The standard InChI is InChI=1S/C13H23N3/c1-4-6-12-9-15-10-13(7-5-2)16(12)11(3)8-14/h4-5,12-13,15H,1-3,6-10,14H2. The average molecular weight is 221 g/mol. The molecule has 3 N–H and O–H groups in total. The number of rotatable bonds is 6. The van der Waals surface area contributed by atoms with Crippen LogP contribution in [0.2, 0.25) is 0 Å². The fourth-order valence-corrected chi connectivity index (χ4v) is 2.31. The Bertz CT molecular complexity index is 242. The number of hydrogen-bond acceptors (Lipinski definition) is 3. The third kappa shape index (κ3) is 2.97. The van der Waals surface area contributed by atoms with Crippen LogP contribution in [0.3, 0.4) is 0 Å². The molecule has 3 nitrogen and oxygen atoms in total. The van der Waals surface area contributed by atoms with Crippen LogP contribution >= 0.6 is 0 Å². The number of piperazine rings is 1. The Morgan fingerprint density at radius 2 is 1.75 bits per heavy atom. The smallest absolute Gasteiger partial charge is 0.0449 e. The van der Waals surface area contributed by atoms with Gasteiger partial charge in [-0.1, -0.05) is 18.7 Å². The van der Waals surface area contributed by atoms with Gasteiger partial charge in [-0.25, -0.2) is 0 Å². The minimum Gasteiger partial charge on any atom is -0.365 e. The highest BCUT2D eigenvalue weighted by Crippen LogP contribution is 2.20. The Morgan fingerprint density at radius 3 is 2.12 bits per heavy atom. The predicted molar refractivity (Wildman–Crippen MR) is 70.1 cm³/mol. The SMILES string of the molecule is C=CCC1CNCC(CC=C)N1C(=C)CN. The van der Waals surface area contributed by atoms with Crippen LogP contribution < -0.4 is 11.1 Å². The van der Waals surface area contributed by atoms with E-state index >= 15 is 0 Å². The van der Waals surface area contributed by atoms with E-state index in [0.717, 1.165) is 31.6 Å². The van der Waals surface area contributed by atoms with Crippen molar-refractivity contribution < 1.29 is 0 Å². The van der Waals surface area contributed by atoms with Crippen LogP contribution in [0.25, 0.3) is 0 Å². The molecule has 0 aromatic heterocycles. The number of nitrogens with two attached hydrogens (primary N) is 1. The van der Waals surface area contributed by atoms with Crippen molar-refractivity contribution in [2.75, 3.05) is 19.6 Å². The zero-order valence-corrected chi connectivity index (χ0v) is 9.99. The molecule has 1 aliphatic rings. The second-order valence-corrected chi connectivity index (χ2v) is 4.19. The normalized spacial score (nSPS) is 25.2. The molecule has 0 saturated carbocycles. The topological polar surface area (TPSA) is 41.3 Å². The van der Waals surface area contributed by atoms with Crippen molar-refractivity contribution in [2.45, 2.75) is 24.9 Å². The van der Waals surface area contributed by atoms with E-state index in [2.05, 4.69) is 30.0 Å². The van der Waals surface area contributed by atoms with Crippen LogP contribution in [0.5, 0.6) is 0 Å². The molecule has 3 heteroatoms. The first-order valence-electron chi connectivity index (χ1n) is 5.83. The van der Waals surface area contributed by atoms with E-state index in [-0.39, 0.29) is 0 Å². The first kappa shape index (κ1) is 13.0. The second-order valence-electron chi connectivity index (χ2n) is 4.19. The molecule has 2 unspecified atom stereocenters. The third-order valence-electron chi connectivity index (χ3n) is 3.02. The lowest BCUT2D eigenvalue weighted by Gasteiger charge is -2.44. The van der Waals surface area contributed by atoms with Gasteiger partial charge in [-0.3, -0.25) is 0 Å². The summed E-state index contributed by atoms with van der Waals surface area (Å²) in [6.07, 6.45) is 5.83. The minimum atomic E-state index is 0.423. The lowest BCUT2D eigenvalue weighted by molar-refractivity contribution is 0.139. The fraction of sp³-hybridized carbons (Fsp3) is 0.538. The Hall–Kier alpha value is -1.06. The van der Waals surface area contributed by atoms with Gasteiger partial charge >= 0.3 is 0 Å². The van der Waals surface area contributed by atoms with Gasteiger partial charge in [-0.2, -0.15) is 0 Å². The molecule has 2 atom stereocenters. The Morgan fingerprint density at radius 1 is 1.25 bits per heavy atom. The second kappa shape index (κ2) is 6.51. The van der Waals surface area contributed by atoms with Gasteiger partial charge in [0.1, 0.15) is 0 Å². The van der Waals surface area contributed by atoms with Crippen LogP contribution in [-0.2, 0) is 0 Å². The third-order valence-corrected chi connectivity index (χ3v) is 3.02. The van der Waals surface area contributed by atoms with E-state index in [1.54, 1.807) is 0 Å². The first-order valence-corrected chi connectivity index (χ1v) is 5.83. The van der Waals surface area contributed by atoms with Gasteiger partial charge < -0.3 is 16.0 Å². The van der Waals surface area contributed by atoms with Crippen LogP contribution in [-0.4, -0.2) is 36.6 Å². The van der Waals surface area contributed by atoms with Gasteiger partial charge in [0.15, 0.2) is 0 Å². The summed E-state index contributed by atoms with van der Waals surface area (Å²) in [4.78, 5) is 2.35. The summed E-state index contributed by atoms with van der Waals surface area (Å²) < 4.78 is 0. The minimum absolute atomic E-state index is 0.423. The zero-order valence-electron chi connectivity index (χ0n) is 9.99. The molecule has 90 valence electrons. The van der Waals surface area contributed by atoms with Crippen LogP contribution in [0.1, 0.15) is 12.8 Å². The molecule has 0 aliphatic carbocycles. The highest BCUT2D eigenvalue weighted by atomic mass is 15.3. The van der Waals surface area contributed by atoms with Crippen molar-refractivity contribution in [3.05, 3.63) is 37.6 Å². The molecular weight excluding hydrogens is 198 g/mol. The molecule has 1 aliphatic heterocycles. The summed E-state index contributed by atoms with van der Waals surface area (Å²) in [5.74, 6) is 0. The maximum Gasteiger partial charge on any atom is 0.0449 e. The summed E-state index contributed by atoms with van der Waals surface area (Å²) in [7, 11) is 0. The van der Waals surface area contributed by atoms with Crippen LogP contribution in [0, 0.1) is 0 Å². The van der Waals surface area contributed by atoms with Gasteiger partial charge in [-0.15, -0.1) is 13.2 Å². The quantitative estimate of drug-likeness (QED) is 0.663. The van der Waals surface area contributed by atoms with Crippen molar-refractivity contribution in [2.24, 2.45) is 5.73 Å². The van der Waals surface area contributed by atoms with Crippen molar-refractivity contribution in [3.63, 3.8) is 0 Å². The summed E-state index contributed by atoms with van der Waals surface area (Å²) in [6.45, 7) is 14.1. The summed E-state index contributed by atoms with van der Waals surface area (Å²) in [6, 6.07) is 0.847. The molecular formula is C13H23N3. The van der Waals surface area contributed by atoms with Crippen molar-refractivity contribution in [1.29, 1.82) is 0 Å². The molecule has 1 saturated heterocycles. The first-order chi connectivity index (χ1) is 7.74. The van der Waals surface area contributed by atoms with Gasteiger partial charge in [0.05, 0.1) is 0 Å². The maximum absolute atomic E-state index is 5.71. The van der Waals surface area contributed by atoms with E-state index in [1.807, 2.05) is 12.2 Å². The highest BCUT2D eigenvalue weighted by Gasteiger charge is 2.28. The molecule has 0 aromatic rings. The van der Waals surface area contributed by atoms with E-state index in [0.29, 0.717) is 18.6 Å². The van der Waals surface area contributed by atoms with E-state index in [4.69, 9.17) is 5.73 Å². The average Bonchev–Trinajstić information content (AvgIpc) is 2.29.